The molecule has 0 aliphatic heterocycles. The van der Waals surface area contributed by atoms with Crippen LogP contribution in [0.5, 0.6) is 0 Å². The first-order chi connectivity index (χ1) is 9.08. The molecule has 0 spiro atoms. The highest BCUT2D eigenvalue weighted by Gasteiger charge is 2.02. The molecule has 0 aliphatic carbocycles. The number of carbonyl (C=O) groups is 1. The lowest BCUT2D eigenvalue weighted by Gasteiger charge is -2.05. The minimum Gasteiger partial charge on any atom is -0.340 e. The molecular weight excluding hydrogens is 244 g/mol. The zero-order valence-electron chi connectivity index (χ0n) is 10.1. The van der Waals surface area contributed by atoms with E-state index in [4.69, 9.17) is 5.26 Å². The molecule has 1 aromatic carbocycles. The third-order valence-electron chi connectivity index (χ3n) is 2.43. The van der Waals surface area contributed by atoms with Crippen LogP contribution in [-0.4, -0.2) is 15.8 Å². The Morgan fingerprint density at radius 3 is 2.63 bits per heavy atom. The molecule has 0 aliphatic rings. The lowest BCUT2D eigenvalue weighted by molar-refractivity contribution is 0.101. The largest absolute Gasteiger partial charge is 0.347 e. The third kappa shape index (κ3) is 3.04. The Hall–Kier alpha value is -2.94. The second-order valence-electron chi connectivity index (χ2n) is 3.86. The Morgan fingerprint density at radius 1 is 1.37 bits per heavy atom. The topological polar surface area (TPSA) is 98.6 Å². The molecule has 1 heterocycles. The number of benzene rings is 1. The SMILES string of the molecule is CC(=O)c1ccc(Nc2cc(C#N)[nH]c(=O)n2)cc1. The van der Waals surface area contributed by atoms with Crippen molar-refractivity contribution in [2.75, 3.05) is 5.32 Å². The number of rotatable bonds is 3. The number of anilines is 2. The average molecular weight is 254 g/mol. The van der Waals surface area contributed by atoms with Crippen LogP contribution in [0.3, 0.4) is 0 Å². The predicted molar refractivity (Wildman–Crippen MR) is 69.3 cm³/mol. The second-order valence-corrected chi connectivity index (χ2v) is 3.86. The summed E-state index contributed by atoms with van der Waals surface area (Å²) in [6, 6.07) is 10.0. The number of hydrogen-bond acceptors (Lipinski definition) is 5. The van der Waals surface area contributed by atoms with Crippen LogP contribution in [0.15, 0.2) is 35.1 Å². The van der Waals surface area contributed by atoms with Gasteiger partial charge in [-0.3, -0.25) is 9.78 Å². The van der Waals surface area contributed by atoms with Gasteiger partial charge >= 0.3 is 5.69 Å². The fourth-order valence-corrected chi connectivity index (χ4v) is 1.52. The summed E-state index contributed by atoms with van der Waals surface area (Å²) >= 11 is 0. The van der Waals surface area contributed by atoms with E-state index in [1.165, 1.54) is 13.0 Å². The lowest BCUT2D eigenvalue weighted by Crippen LogP contribution is -2.13. The van der Waals surface area contributed by atoms with Gasteiger partial charge < -0.3 is 5.32 Å². The first kappa shape index (κ1) is 12.5. The Labute approximate surface area is 108 Å². The van der Waals surface area contributed by atoms with Crippen LogP contribution < -0.4 is 11.0 Å². The van der Waals surface area contributed by atoms with Crippen LogP contribution in [0.25, 0.3) is 0 Å². The summed E-state index contributed by atoms with van der Waals surface area (Å²) in [6.07, 6.45) is 0. The van der Waals surface area contributed by atoms with Gasteiger partial charge in [0.15, 0.2) is 5.78 Å². The highest BCUT2D eigenvalue weighted by Crippen LogP contribution is 2.14. The summed E-state index contributed by atoms with van der Waals surface area (Å²) in [5.41, 5.74) is 0.805. The summed E-state index contributed by atoms with van der Waals surface area (Å²) in [4.78, 5) is 28.3. The standard InChI is InChI=1S/C13H10N4O2/c1-8(18)9-2-4-10(5-3-9)15-12-6-11(7-14)16-13(19)17-12/h2-6H,1H3,(H2,15,16,17,19). The lowest BCUT2D eigenvalue weighted by atomic mass is 10.1. The third-order valence-corrected chi connectivity index (χ3v) is 2.43. The number of ketones is 1. The van der Waals surface area contributed by atoms with Crippen molar-refractivity contribution in [3.63, 3.8) is 0 Å². The molecule has 0 fully saturated rings. The highest BCUT2D eigenvalue weighted by atomic mass is 16.1. The number of Topliss-reactive ketones (excluding diaryl/α,β-unsaturated/α-hetero) is 1. The minimum atomic E-state index is -0.595. The first-order valence-corrected chi connectivity index (χ1v) is 5.48. The van der Waals surface area contributed by atoms with Crippen molar-refractivity contribution in [3.05, 3.63) is 52.1 Å². The molecule has 6 heteroatoms. The summed E-state index contributed by atoms with van der Waals surface area (Å²) in [5.74, 6) is 0.253. The maximum atomic E-state index is 11.2. The molecule has 2 N–H and O–H groups in total. The van der Waals surface area contributed by atoms with Gasteiger partial charge in [0, 0.05) is 17.3 Å². The Morgan fingerprint density at radius 2 is 2.05 bits per heavy atom. The number of carbonyl (C=O) groups excluding carboxylic acids is 1. The Kier molecular flexibility index (Phi) is 3.39. The maximum Gasteiger partial charge on any atom is 0.347 e. The fraction of sp³-hybridized carbons (Fsp3) is 0.0769. The van der Waals surface area contributed by atoms with Crippen LogP contribution in [0.4, 0.5) is 11.5 Å². The van der Waals surface area contributed by atoms with Crippen molar-refractivity contribution in [1.29, 1.82) is 5.26 Å². The van der Waals surface area contributed by atoms with E-state index in [0.29, 0.717) is 11.3 Å². The molecule has 94 valence electrons. The summed E-state index contributed by atoms with van der Waals surface area (Å²) in [6.45, 7) is 1.49. The van der Waals surface area contributed by atoms with Gasteiger partial charge in [-0.2, -0.15) is 10.2 Å². The van der Waals surface area contributed by atoms with Crippen molar-refractivity contribution in [2.24, 2.45) is 0 Å². The quantitative estimate of drug-likeness (QED) is 0.810. The predicted octanol–water partition coefficient (Wildman–Crippen LogP) is 1.59. The molecule has 19 heavy (non-hydrogen) atoms. The fourth-order valence-electron chi connectivity index (χ4n) is 1.52. The first-order valence-electron chi connectivity index (χ1n) is 5.48. The number of aromatic nitrogens is 2. The van der Waals surface area contributed by atoms with Gasteiger partial charge in [-0.1, -0.05) is 0 Å². The number of nitrogens with one attached hydrogen (secondary N) is 2. The van der Waals surface area contributed by atoms with E-state index in [1.807, 2.05) is 6.07 Å². The van der Waals surface area contributed by atoms with Crippen molar-refractivity contribution < 1.29 is 4.79 Å². The molecule has 0 saturated heterocycles. The van der Waals surface area contributed by atoms with E-state index in [9.17, 15) is 9.59 Å². The van der Waals surface area contributed by atoms with Gasteiger partial charge in [0.05, 0.1) is 0 Å². The number of aromatic amines is 1. The van der Waals surface area contributed by atoms with E-state index < -0.39 is 5.69 Å². The molecule has 0 radical (unpaired) electrons. The Bertz CT molecular complexity index is 711. The van der Waals surface area contributed by atoms with E-state index in [2.05, 4.69) is 15.3 Å². The molecule has 2 rings (SSSR count). The minimum absolute atomic E-state index is 0.0207. The van der Waals surface area contributed by atoms with Gasteiger partial charge in [0.2, 0.25) is 0 Å². The Balaban J connectivity index is 2.26. The molecular formula is C13H10N4O2. The number of hydrogen-bond donors (Lipinski definition) is 2. The van der Waals surface area contributed by atoms with Crippen LogP contribution in [0.1, 0.15) is 23.0 Å². The normalized spacial score (nSPS) is 9.68. The summed E-state index contributed by atoms with van der Waals surface area (Å²) in [7, 11) is 0. The van der Waals surface area contributed by atoms with Crippen molar-refractivity contribution in [1.82, 2.24) is 9.97 Å². The monoisotopic (exact) mass is 254 g/mol. The average Bonchev–Trinajstić information content (AvgIpc) is 2.38. The molecule has 2 aromatic rings. The number of nitriles is 1. The van der Waals surface area contributed by atoms with Gasteiger partial charge in [0.1, 0.15) is 17.6 Å². The van der Waals surface area contributed by atoms with E-state index in [-0.39, 0.29) is 17.3 Å². The van der Waals surface area contributed by atoms with Gasteiger partial charge in [0.25, 0.3) is 0 Å². The van der Waals surface area contributed by atoms with Crippen molar-refractivity contribution in [2.45, 2.75) is 6.92 Å². The zero-order valence-corrected chi connectivity index (χ0v) is 10.1. The summed E-state index contributed by atoms with van der Waals surface area (Å²) in [5, 5.41) is 11.6. The molecule has 0 saturated carbocycles. The number of H-pyrrole nitrogens is 1. The van der Waals surface area contributed by atoms with Crippen LogP contribution in [0.2, 0.25) is 0 Å². The molecule has 0 bridgehead atoms. The van der Waals surface area contributed by atoms with Crippen LogP contribution >= 0.6 is 0 Å². The second kappa shape index (κ2) is 5.14. The smallest absolute Gasteiger partial charge is 0.340 e. The van der Waals surface area contributed by atoms with E-state index in [1.54, 1.807) is 24.3 Å². The molecule has 1 aromatic heterocycles. The maximum absolute atomic E-state index is 11.2. The van der Waals surface area contributed by atoms with Crippen LogP contribution in [-0.2, 0) is 0 Å². The van der Waals surface area contributed by atoms with Gasteiger partial charge in [-0.05, 0) is 31.2 Å². The molecule has 0 unspecified atom stereocenters. The summed E-state index contributed by atoms with van der Waals surface area (Å²) < 4.78 is 0. The number of nitrogens with zero attached hydrogens (tertiary/aromatic N) is 2. The van der Waals surface area contributed by atoms with E-state index in [0.717, 1.165) is 0 Å². The highest BCUT2D eigenvalue weighted by molar-refractivity contribution is 5.94. The van der Waals surface area contributed by atoms with Crippen molar-refractivity contribution >= 4 is 17.3 Å². The zero-order chi connectivity index (χ0) is 13.8. The van der Waals surface area contributed by atoms with Crippen LogP contribution in [0, 0.1) is 11.3 Å². The van der Waals surface area contributed by atoms with Gasteiger partial charge in [-0.25, -0.2) is 4.79 Å². The molecule has 0 atom stereocenters. The van der Waals surface area contributed by atoms with Crippen molar-refractivity contribution in [3.8, 4) is 6.07 Å². The van der Waals surface area contributed by atoms with Gasteiger partial charge in [-0.15, -0.1) is 0 Å². The molecule has 0 amide bonds. The molecule has 6 nitrogen and oxygen atoms in total. The van der Waals surface area contributed by atoms with E-state index >= 15 is 0 Å².